The minimum atomic E-state index is -0.647. The van der Waals surface area contributed by atoms with Crippen molar-refractivity contribution in [3.05, 3.63) is 50.0 Å². The first-order valence-corrected chi connectivity index (χ1v) is 6.85. The normalized spacial score (nSPS) is 10.4. The SMILES string of the molecule is COC(=O)c1nc(-c2c(Cl)ccc(Cl)c2Cl)ccc1Cl. The average Bonchev–Trinajstić information content (AvgIpc) is 2.44. The summed E-state index contributed by atoms with van der Waals surface area (Å²) < 4.78 is 4.61. The molecule has 0 spiro atoms. The molecule has 0 aliphatic heterocycles. The molecule has 104 valence electrons. The lowest BCUT2D eigenvalue weighted by molar-refractivity contribution is 0.0594. The molecule has 20 heavy (non-hydrogen) atoms. The third-order valence-corrected chi connectivity index (χ3v) is 3.95. The maximum absolute atomic E-state index is 11.6. The number of carbonyl (C=O) groups excluding carboxylic acids is 1. The summed E-state index contributed by atoms with van der Waals surface area (Å²) in [6.45, 7) is 0. The first kappa shape index (κ1) is 15.4. The number of hydrogen-bond donors (Lipinski definition) is 0. The van der Waals surface area contributed by atoms with E-state index in [-0.39, 0.29) is 15.7 Å². The molecule has 0 unspecified atom stereocenters. The highest BCUT2D eigenvalue weighted by atomic mass is 35.5. The number of aromatic nitrogens is 1. The third kappa shape index (κ3) is 2.86. The molecule has 2 aromatic rings. The van der Waals surface area contributed by atoms with Gasteiger partial charge in [-0.1, -0.05) is 46.4 Å². The van der Waals surface area contributed by atoms with Crippen molar-refractivity contribution in [2.45, 2.75) is 0 Å². The molecule has 3 nitrogen and oxygen atoms in total. The van der Waals surface area contributed by atoms with Crippen molar-refractivity contribution in [3.63, 3.8) is 0 Å². The predicted octanol–water partition coefficient (Wildman–Crippen LogP) is 5.15. The van der Waals surface area contributed by atoms with Crippen molar-refractivity contribution in [3.8, 4) is 11.3 Å². The molecule has 1 aromatic carbocycles. The van der Waals surface area contributed by atoms with Gasteiger partial charge in [0, 0.05) is 5.56 Å². The van der Waals surface area contributed by atoms with Gasteiger partial charge in [0.2, 0.25) is 0 Å². The number of ether oxygens (including phenoxy) is 1. The van der Waals surface area contributed by atoms with Gasteiger partial charge < -0.3 is 4.74 Å². The van der Waals surface area contributed by atoms with Gasteiger partial charge in [0.25, 0.3) is 0 Å². The molecule has 2 rings (SSSR count). The van der Waals surface area contributed by atoms with Gasteiger partial charge in [-0.3, -0.25) is 0 Å². The van der Waals surface area contributed by atoms with Crippen molar-refractivity contribution in [1.82, 2.24) is 4.98 Å². The van der Waals surface area contributed by atoms with Crippen molar-refractivity contribution in [1.29, 1.82) is 0 Å². The number of esters is 1. The molecule has 7 heteroatoms. The zero-order chi connectivity index (χ0) is 14.9. The number of hydrogen-bond acceptors (Lipinski definition) is 3. The topological polar surface area (TPSA) is 39.2 Å². The molecular weight excluding hydrogens is 344 g/mol. The number of nitrogens with zero attached hydrogens (tertiary/aromatic N) is 1. The van der Waals surface area contributed by atoms with Crippen molar-refractivity contribution in [2.75, 3.05) is 7.11 Å². The minimum Gasteiger partial charge on any atom is -0.464 e. The Morgan fingerprint density at radius 3 is 2.25 bits per heavy atom. The molecule has 0 aliphatic carbocycles. The Balaban J connectivity index is 2.66. The van der Waals surface area contributed by atoms with E-state index in [1.54, 1.807) is 18.2 Å². The van der Waals surface area contributed by atoms with E-state index in [1.165, 1.54) is 13.2 Å². The Hall–Kier alpha value is -1.000. The van der Waals surface area contributed by atoms with Crippen molar-refractivity contribution in [2.24, 2.45) is 0 Å². The van der Waals surface area contributed by atoms with E-state index in [2.05, 4.69) is 9.72 Å². The molecule has 0 radical (unpaired) electrons. The number of carbonyl (C=O) groups is 1. The lowest BCUT2D eigenvalue weighted by Gasteiger charge is -2.10. The maximum Gasteiger partial charge on any atom is 0.358 e. The van der Waals surface area contributed by atoms with Crippen LogP contribution in [0.5, 0.6) is 0 Å². The number of halogens is 4. The highest BCUT2D eigenvalue weighted by Gasteiger charge is 2.18. The van der Waals surface area contributed by atoms with Gasteiger partial charge in [-0.25, -0.2) is 9.78 Å². The maximum atomic E-state index is 11.6. The molecule has 0 saturated heterocycles. The number of methoxy groups -OCH3 is 1. The van der Waals surface area contributed by atoms with Crippen LogP contribution < -0.4 is 0 Å². The molecule has 0 saturated carbocycles. The van der Waals surface area contributed by atoms with Crippen molar-refractivity contribution < 1.29 is 9.53 Å². The Kier molecular flexibility index (Phi) is 4.76. The predicted molar refractivity (Wildman–Crippen MR) is 81.1 cm³/mol. The Labute approximate surface area is 135 Å². The van der Waals surface area contributed by atoms with E-state index in [4.69, 9.17) is 46.4 Å². The minimum absolute atomic E-state index is 0.0150. The summed E-state index contributed by atoms with van der Waals surface area (Å²) in [4.78, 5) is 15.7. The van der Waals surface area contributed by atoms with Gasteiger partial charge in [-0.05, 0) is 24.3 Å². The standard InChI is InChI=1S/C13H7Cl4NO2/c1-20-13(19)12-8(16)4-5-9(18-12)10-6(14)2-3-7(15)11(10)17/h2-5H,1H3. The molecule has 0 N–H and O–H groups in total. The highest BCUT2D eigenvalue weighted by Crippen LogP contribution is 2.38. The van der Waals surface area contributed by atoms with Crippen LogP contribution in [0.2, 0.25) is 20.1 Å². The second kappa shape index (κ2) is 6.19. The first-order valence-electron chi connectivity index (χ1n) is 5.34. The summed E-state index contributed by atoms with van der Waals surface area (Å²) >= 11 is 24.1. The van der Waals surface area contributed by atoms with Gasteiger partial charge in [0.05, 0.1) is 32.9 Å². The summed E-state index contributed by atoms with van der Waals surface area (Å²) in [6, 6.07) is 6.29. The summed E-state index contributed by atoms with van der Waals surface area (Å²) in [6.07, 6.45) is 0. The fourth-order valence-electron chi connectivity index (χ4n) is 1.58. The van der Waals surface area contributed by atoms with Crippen LogP contribution in [0.3, 0.4) is 0 Å². The Bertz CT molecular complexity index is 688. The Morgan fingerprint density at radius 2 is 1.60 bits per heavy atom. The van der Waals surface area contributed by atoms with E-state index in [1.807, 2.05) is 0 Å². The van der Waals surface area contributed by atoms with Crippen LogP contribution in [0.1, 0.15) is 10.5 Å². The molecule has 0 aliphatic rings. The van der Waals surface area contributed by atoms with Crippen LogP contribution in [-0.4, -0.2) is 18.1 Å². The average molecular weight is 351 g/mol. The monoisotopic (exact) mass is 349 g/mol. The van der Waals surface area contributed by atoms with Crippen LogP contribution in [0, 0.1) is 0 Å². The fourth-order valence-corrected chi connectivity index (χ4v) is 2.49. The van der Waals surface area contributed by atoms with Gasteiger partial charge in [0.1, 0.15) is 0 Å². The van der Waals surface area contributed by atoms with E-state index >= 15 is 0 Å². The molecular formula is C13H7Cl4NO2. The van der Waals surface area contributed by atoms with E-state index in [0.29, 0.717) is 21.3 Å². The lowest BCUT2D eigenvalue weighted by atomic mass is 10.1. The second-order valence-electron chi connectivity index (χ2n) is 3.74. The van der Waals surface area contributed by atoms with E-state index < -0.39 is 5.97 Å². The summed E-state index contributed by atoms with van der Waals surface area (Å²) in [5, 5.41) is 1.13. The summed E-state index contributed by atoms with van der Waals surface area (Å²) in [7, 11) is 1.24. The van der Waals surface area contributed by atoms with Gasteiger partial charge in [-0.2, -0.15) is 0 Å². The summed E-state index contributed by atoms with van der Waals surface area (Å²) in [5.74, 6) is -0.647. The fraction of sp³-hybridized carbons (Fsp3) is 0.0769. The quantitative estimate of drug-likeness (QED) is 0.555. The van der Waals surface area contributed by atoms with Crippen LogP contribution in [-0.2, 0) is 4.74 Å². The van der Waals surface area contributed by atoms with E-state index in [9.17, 15) is 4.79 Å². The molecule has 1 heterocycles. The zero-order valence-electron chi connectivity index (χ0n) is 10.1. The smallest absolute Gasteiger partial charge is 0.358 e. The van der Waals surface area contributed by atoms with Gasteiger partial charge in [-0.15, -0.1) is 0 Å². The first-order chi connectivity index (χ1) is 9.45. The molecule has 0 fully saturated rings. The molecule has 1 aromatic heterocycles. The van der Waals surface area contributed by atoms with E-state index in [0.717, 1.165) is 0 Å². The lowest BCUT2D eigenvalue weighted by Crippen LogP contribution is -2.06. The number of pyridine rings is 1. The second-order valence-corrected chi connectivity index (χ2v) is 5.34. The summed E-state index contributed by atoms with van der Waals surface area (Å²) in [5.41, 5.74) is 0.800. The van der Waals surface area contributed by atoms with Crippen LogP contribution in [0.4, 0.5) is 0 Å². The number of benzene rings is 1. The third-order valence-electron chi connectivity index (χ3n) is 2.52. The zero-order valence-corrected chi connectivity index (χ0v) is 13.1. The number of rotatable bonds is 2. The molecule has 0 bridgehead atoms. The van der Waals surface area contributed by atoms with Crippen molar-refractivity contribution >= 4 is 52.4 Å². The van der Waals surface area contributed by atoms with Crippen LogP contribution in [0.15, 0.2) is 24.3 Å². The van der Waals surface area contributed by atoms with Gasteiger partial charge in [0.15, 0.2) is 5.69 Å². The van der Waals surface area contributed by atoms with Crippen LogP contribution >= 0.6 is 46.4 Å². The largest absolute Gasteiger partial charge is 0.464 e. The van der Waals surface area contributed by atoms with Crippen LogP contribution in [0.25, 0.3) is 11.3 Å². The Morgan fingerprint density at radius 1 is 1.00 bits per heavy atom. The highest BCUT2D eigenvalue weighted by molar-refractivity contribution is 6.46. The molecule has 0 atom stereocenters. The van der Waals surface area contributed by atoms with Gasteiger partial charge >= 0.3 is 5.97 Å². The molecule has 0 amide bonds.